The van der Waals surface area contributed by atoms with Crippen LogP contribution in [0.2, 0.25) is 0 Å². The molecular weight excluding hydrogens is 348 g/mol. The van der Waals surface area contributed by atoms with Gasteiger partial charge in [-0.05, 0) is 24.3 Å². The zero-order valence-corrected chi connectivity index (χ0v) is 13.5. The van der Waals surface area contributed by atoms with Crippen molar-refractivity contribution in [1.82, 2.24) is 9.97 Å². The fourth-order valence-electron chi connectivity index (χ4n) is 0.967. The summed E-state index contributed by atoms with van der Waals surface area (Å²) in [6.07, 6.45) is 2.82. The van der Waals surface area contributed by atoms with Crippen LogP contribution in [0.25, 0.3) is 0 Å². The van der Waals surface area contributed by atoms with Crippen LogP contribution in [-0.2, 0) is 17.1 Å². The summed E-state index contributed by atoms with van der Waals surface area (Å²) in [7, 11) is 2.00. The van der Waals surface area contributed by atoms with E-state index in [0.717, 1.165) is 14.2 Å². The van der Waals surface area contributed by atoms with Crippen molar-refractivity contribution in [3.8, 4) is 0 Å². The number of aromatic carboxylic acids is 2. The number of carbonyl (C=O) groups excluding carboxylic acids is 2. The van der Waals surface area contributed by atoms with Gasteiger partial charge in [0.15, 0.2) is 0 Å². The van der Waals surface area contributed by atoms with Gasteiger partial charge in [-0.3, -0.25) is 9.97 Å². The molecule has 0 spiro atoms. The molecule has 2 aromatic heterocycles. The van der Waals surface area contributed by atoms with Crippen LogP contribution < -0.4 is 10.2 Å². The van der Waals surface area contributed by atoms with E-state index in [9.17, 15) is 19.8 Å². The van der Waals surface area contributed by atoms with Gasteiger partial charge in [-0.1, -0.05) is 12.1 Å². The molecular formula is C14H16FeN2O6. The van der Waals surface area contributed by atoms with Crippen molar-refractivity contribution in [2.24, 2.45) is 0 Å². The normalized spacial score (nSPS) is 7.48. The number of carboxylic acids is 2. The fraction of sp³-hybridized carbons (Fsp3) is 0.143. The SMILES string of the molecule is CO.CO.O=C([O-])c1ccccn1.O=C([O-])c1ccccn1.[Fe+2]. The summed E-state index contributed by atoms with van der Waals surface area (Å²) in [5, 5.41) is 34.1. The summed E-state index contributed by atoms with van der Waals surface area (Å²) in [6, 6.07) is 9.25. The van der Waals surface area contributed by atoms with Crippen molar-refractivity contribution in [3.63, 3.8) is 0 Å². The number of carboxylic acid groups (broad SMARTS) is 2. The maximum absolute atomic E-state index is 10.0. The molecule has 0 saturated heterocycles. The molecule has 0 amide bonds. The van der Waals surface area contributed by atoms with Gasteiger partial charge < -0.3 is 30.0 Å². The second-order valence-corrected chi connectivity index (χ2v) is 3.00. The van der Waals surface area contributed by atoms with E-state index in [1.165, 1.54) is 24.5 Å². The maximum atomic E-state index is 10.0. The molecule has 9 heteroatoms. The zero-order valence-electron chi connectivity index (χ0n) is 12.4. The van der Waals surface area contributed by atoms with E-state index in [2.05, 4.69) is 9.97 Å². The molecule has 0 fully saturated rings. The van der Waals surface area contributed by atoms with Gasteiger partial charge in [0.1, 0.15) is 0 Å². The molecule has 23 heavy (non-hydrogen) atoms. The number of aliphatic hydroxyl groups excluding tert-OH is 2. The third-order valence-corrected chi connectivity index (χ3v) is 1.75. The number of pyridine rings is 2. The molecule has 0 atom stereocenters. The Bertz CT molecular complexity index is 476. The molecule has 0 aromatic carbocycles. The van der Waals surface area contributed by atoms with Crippen LogP contribution in [0.4, 0.5) is 0 Å². The molecule has 0 unspecified atom stereocenters. The zero-order chi connectivity index (χ0) is 17.4. The van der Waals surface area contributed by atoms with E-state index in [1.807, 2.05) is 0 Å². The molecule has 8 nitrogen and oxygen atoms in total. The second-order valence-electron chi connectivity index (χ2n) is 3.00. The molecule has 2 heterocycles. The fourth-order valence-corrected chi connectivity index (χ4v) is 0.967. The van der Waals surface area contributed by atoms with Crippen LogP contribution >= 0.6 is 0 Å². The van der Waals surface area contributed by atoms with Gasteiger partial charge in [-0.2, -0.15) is 0 Å². The first-order valence-corrected chi connectivity index (χ1v) is 5.75. The van der Waals surface area contributed by atoms with Gasteiger partial charge in [0.25, 0.3) is 0 Å². The van der Waals surface area contributed by atoms with E-state index in [0.29, 0.717) is 0 Å². The first-order valence-electron chi connectivity index (χ1n) is 5.75. The standard InChI is InChI=1S/2C6H5NO2.2CH4O.Fe/c2*8-6(9)5-3-1-2-4-7-5;2*1-2;/h2*1-4H,(H,8,9);2*2H,1H3;/q;;;;+2/p-2. The molecule has 126 valence electrons. The Morgan fingerprint density at radius 3 is 1.22 bits per heavy atom. The average molecular weight is 364 g/mol. The minimum Gasteiger partial charge on any atom is -0.543 e. The Labute approximate surface area is 144 Å². The van der Waals surface area contributed by atoms with E-state index < -0.39 is 11.9 Å². The first kappa shape index (κ1) is 25.6. The van der Waals surface area contributed by atoms with Crippen LogP contribution in [0.1, 0.15) is 21.0 Å². The molecule has 0 aliphatic heterocycles. The topological polar surface area (TPSA) is 146 Å². The van der Waals surface area contributed by atoms with Crippen LogP contribution in [-0.4, -0.2) is 46.3 Å². The molecule has 0 aliphatic carbocycles. The maximum Gasteiger partial charge on any atom is 2.00 e. The average Bonchev–Trinajstić information content (AvgIpc) is 2.60. The van der Waals surface area contributed by atoms with Crippen molar-refractivity contribution < 1.29 is 47.1 Å². The van der Waals surface area contributed by atoms with E-state index >= 15 is 0 Å². The molecule has 0 bridgehead atoms. The smallest absolute Gasteiger partial charge is 0.543 e. The summed E-state index contributed by atoms with van der Waals surface area (Å²) >= 11 is 0. The monoisotopic (exact) mass is 364 g/mol. The summed E-state index contributed by atoms with van der Waals surface area (Å²) in [4.78, 5) is 27.1. The molecule has 0 saturated carbocycles. The third kappa shape index (κ3) is 13.1. The Kier molecular flexibility index (Phi) is 19.8. The van der Waals surface area contributed by atoms with Crippen molar-refractivity contribution in [2.45, 2.75) is 0 Å². The van der Waals surface area contributed by atoms with Crippen molar-refractivity contribution >= 4 is 11.9 Å². The van der Waals surface area contributed by atoms with E-state index in [4.69, 9.17) is 10.2 Å². The summed E-state index contributed by atoms with van der Waals surface area (Å²) in [6.45, 7) is 0. The van der Waals surface area contributed by atoms with Gasteiger partial charge in [-0.25, -0.2) is 0 Å². The minimum atomic E-state index is -1.24. The molecule has 2 aromatic rings. The van der Waals surface area contributed by atoms with Crippen LogP contribution in [0.3, 0.4) is 0 Å². The number of hydrogen-bond acceptors (Lipinski definition) is 8. The van der Waals surface area contributed by atoms with Crippen LogP contribution in [0.5, 0.6) is 0 Å². The van der Waals surface area contributed by atoms with Crippen LogP contribution in [0.15, 0.2) is 48.8 Å². The van der Waals surface area contributed by atoms with E-state index in [-0.39, 0.29) is 28.5 Å². The minimum absolute atomic E-state index is 0. The van der Waals surface area contributed by atoms with Gasteiger partial charge in [0.05, 0.1) is 23.3 Å². The molecule has 2 N–H and O–H groups in total. The van der Waals surface area contributed by atoms with Gasteiger partial charge in [0.2, 0.25) is 0 Å². The van der Waals surface area contributed by atoms with Gasteiger partial charge in [-0.15, -0.1) is 0 Å². The number of nitrogens with zero attached hydrogens (tertiary/aromatic N) is 2. The molecule has 0 radical (unpaired) electrons. The Balaban J connectivity index is -0.000000276. The predicted octanol–water partition coefficient (Wildman–Crippen LogP) is -1.90. The molecule has 0 aliphatic rings. The number of hydrogen-bond donors (Lipinski definition) is 2. The number of aliphatic hydroxyl groups is 2. The number of aromatic nitrogens is 2. The molecule has 2 rings (SSSR count). The van der Waals surface area contributed by atoms with E-state index in [1.54, 1.807) is 24.3 Å². The Morgan fingerprint density at radius 2 is 1.09 bits per heavy atom. The summed E-state index contributed by atoms with van der Waals surface area (Å²) in [5.41, 5.74) is -0.0602. The van der Waals surface area contributed by atoms with Crippen LogP contribution in [0, 0.1) is 0 Å². The first-order chi connectivity index (χ1) is 10.6. The van der Waals surface area contributed by atoms with Gasteiger partial charge in [0, 0.05) is 26.6 Å². The largest absolute Gasteiger partial charge is 2.00 e. The summed E-state index contributed by atoms with van der Waals surface area (Å²) < 4.78 is 0. The number of carbonyl (C=O) groups is 2. The van der Waals surface area contributed by atoms with Crippen molar-refractivity contribution in [1.29, 1.82) is 0 Å². The Hall–Kier alpha value is -2.32. The second kappa shape index (κ2) is 17.7. The third-order valence-electron chi connectivity index (χ3n) is 1.75. The predicted molar refractivity (Wildman–Crippen MR) is 73.4 cm³/mol. The quantitative estimate of drug-likeness (QED) is 0.588. The Morgan fingerprint density at radius 1 is 0.783 bits per heavy atom. The van der Waals surface area contributed by atoms with Crippen molar-refractivity contribution in [2.75, 3.05) is 14.2 Å². The van der Waals surface area contributed by atoms with Crippen molar-refractivity contribution in [3.05, 3.63) is 60.2 Å². The summed E-state index contributed by atoms with van der Waals surface area (Å²) in [5.74, 6) is -2.48. The van der Waals surface area contributed by atoms with Gasteiger partial charge >= 0.3 is 17.1 Å². The number of rotatable bonds is 2.